The van der Waals surface area contributed by atoms with E-state index < -0.39 is 5.54 Å². The molecule has 2 fully saturated rings. The maximum atomic E-state index is 12.3. The lowest BCUT2D eigenvalue weighted by molar-refractivity contribution is -0.152. The second kappa shape index (κ2) is 5.49. The number of carbonyl (C=O) groups excluding carboxylic acids is 2. The van der Waals surface area contributed by atoms with Crippen LogP contribution in [0.15, 0.2) is 0 Å². The van der Waals surface area contributed by atoms with Gasteiger partial charge in [0.2, 0.25) is 11.8 Å². The van der Waals surface area contributed by atoms with E-state index in [-0.39, 0.29) is 17.9 Å². The number of nitrogens with one attached hydrogen (secondary N) is 1. The third-order valence-electron chi connectivity index (χ3n) is 4.03. The summed E-state index contributed by atoms with van der Waals surface area (Å²) in [5.41, 5.74) is -0.784. The number of hydrogen-bond acceptors (Lipinski definition) is 3. The normalized spacial score (nSPS) is 30.6. The number of piperazine rings is 1. The fraction of sp³-hybridized carbons (Fsp3) is 0.857. The van der Waals surface area contributed by atoms with E-state index in [4.69, 9.17) is 4.74 Å². The highest BCUT2D eigenvalue weighted by molar-refractivity contribution is 5.99. The smallest absolute Gasteiger partial charge is 0.248 e. The van der Waals surface area contributed by atoms with Crippen LogP contribution in [0.5, 0.6) is 0 Å². The highest BCUT2D eigenvalue weighted by Crippen LogP contribution is 2.21. The van der Waals surface area contributed by atoms with Crippen LogP contribution in [0, 0.1) is 0 Å². The van der Waals surface area contributed by atoms with Crippen molar-refractivity contribution in [3.63, 3.8) is 0 Å². The highest BCUT2D eigenvalue weighted by atomic mass is 16.5. The summed E-state index contributed by atoms with van der Waals surface area (Å²) in [4.78, 5) is 25.9. The molecule has 0 bridgehead atoms. The molecule has 0 spiro atoms. The van der Waals surface area contributed by atoms with Crippen LogP contribution in [0.4, 0.5) is 0 Å². The fourth-order valence-corrected chi connectivity index (χ4v) is 2.80. The summed E-state index contributed by atoms with van der Waals surface area (Å²) in [6.45, 7) is 6.79. The SMILES string of the molecule is CC1C(=O)NC(C)(C)C(=O)N1CCCC1CCCO1. The summed E-state index contributed by atoms with van der Waals surface area (Å²) in [6.07, 6.45) is 4.47. The van der Waals surface area contributed by atoms with Crippen molar-refractivity contribution in [2.24, 2.45) is 0 Å². The predicted octanol–water partition coefficient (Wildman–Crippen LogP) is 1.07. The van der Waals surface area contributed by atoms with Gasteiger partial charge in [0.1, 0.15) is 11.6 Å². The molecule has 0 aromatic heterocycles. The molecule has 0 saturated carbocycles. The van der Waals surface area contributed by atoms with Gasteiger partial charge in [-0.15, -0.1) is 0 Å². The van der Waals surface area contributed by atoms with E-state index in [1.54, 1.807) is 25.7 Å². The summed E-state index contributed by atoms with van der Waals surface area (Å²) in [5.74, 6) is -0.0614. The molecule has 108 valence electrons. The van der Waals surface area contributed by atoms with Gasteiger partial charge < -0.3 is 15.0 Å². The van der Waals surface area contributed by atoms with E-state index >= 15 is 0 Å². The molecular formula is C14H24N2O3. The Labute approximate surface area is 114 Å². The Kier molecular flexibility index (Phi) is 4.13. The minimum absolute atomic E-state index is 0.00643. The molecule has 2 aliphatic heterocycles. The van der Waals surface area contributed by atoms with Crippen LogP contribution >= 0.6 is 0 Å². The van der Waals surface area contributed by atoms with Crippen LogP contribution in [0.25, 0.3) is 0 Å². The lowest BCUT2D eigenvalue weighted by Crippen LogP contribution is -2.67. The van der Waals surface area contributed by atoms with Crippen LogP contribution in [0.1, 0.15) is 46.5 Å². The molecule has 5 nitrogen and oxygen atoms in total. The van der Waals surface area contributed by atoms with E-state index in [1.807, 2.05) is 0 Å². The van der Waals surface area contributed by atoms with Gasteiger partial charge in [0.15, 0.2) is 0 Å². The average Bonchev–Trinajstić information content (AvgIpc) is 2.84. The first kappa shape index (κ1) is 14.3. The maximum Gasteiger partial charge on any atom is 0.248 e. The number of hydrogen-bond donors (Lipinski definition) is 1. The fourth-order valence-electron chi connectivity index (χ4n) is 2.80. The minimum Gasteiger partial charge on any atom is -0.378 e. The van der Waals surface area contributed by atoms with Crippen LogP contribution in [-0.4, -0.2) is 47.6 Å². The molecule has 2 unspecified atom stereocenters. The molecule has 0 radical (unpaired) electrons. The summed E-state index contributed by atoms with van der Waals surface area (Å²) in [6, 6.07) is -0.370. The zero-order chi connectivity index (χ0) is 14.0. The number of ether oxygens (including phenoxy) is 1. The van der Waals surface area contributed by atoms with Crippen molar-refractivity contribution >= 4 is 11.8 Å². The van der Waals surface area contributed by atoms with Crippen molar-refractivity contribution in [2.45, 2.75) is 64.1 Å². The molecule has 5 heteroatoms. The van der Waals surface area contributed by atoms with Gasteiger partial charge in [-0.05, 0) is 46.5 Å². The quantitative estimate of drug-likeness (QED) is 0.829. The molecule has 2 heterocycles. The van der Waals surface area contributed by atoms with Crippen molar-refractivity contribution in [1.29, 1.82) is 0 Å². The summed E-state index contributed by atoms with van der Waals surface area (Å²) < 4.78 is 5.58. The second-order valence-electron chi connectivity index (χ2n) is 6.07. The number of carbonyl (C=O) groups is 2. The lowest BCUT2D eigenvalue weighted by Gasteiger charge is -2.41. The van der Waals surface area contributed by atoms with E-state index in [2.05, 4.69) is 5.32 Å². The Bertz CT molecular complexity index is 362. The largest absolute Gasteiger partial charge is 0.378 e. The van der Waals surface area contributed by atoms with Crippen molar-refractivity contribution in [1.82, 2.24) is 10.2 Å². The molecule has 2 atom stereocenters. The van der Waals surface area contributed by atoms with E-state index in [0.29, 0.717) is 12.6 Å². The first-order valence-corrected chi connectivity index (χ1v) is 7.16. The topological polar surface area (TPSA) is 58.6 Å². The Morgan fingerprint density at radius 2 is 2.16 bits per heavy atom. The first-order valence-electron chi connectivity index (χ1n) is 7.16. The van der Waals surface area contributed by atoms with Gasteiger partial charge in [0, 0.05) is 13.2 Å². The van der Waals surface area contributed by atoms with Crippen molar-refractivity contribution in [2.75, 3.05) is 13.2 Å². The van der Waals surface area contributed by atoms with Gasteiger partial charge in [-0.3, -0.25) is 9.59 Å². The van der Waals surface area contributed by atoms with E-state index in [0.717, 1.165) is 32.3 Å². The number of nitrogens with zero attached hydrogens (tertiary/aromatic N) is 1. The van der Waals surface area contributed by atoms with Crippen molar-refractivity contribution < 1.29 is 14.3 Å². The number of amides is 2. The van der Waals surface area contributed by atoms with E-state index in [1.165, 1.54) is 0 Å². The molecule has 0 aromatic carbocycles. The Morgan fingerprint density at radius 3 is 2.79 bits per heavy atom. The second-order valence-corrected chi connectivity index (χ2v) is 6.07. The third-order valence-corrected chi connectivity index (χ3v) is 4.03. The van der Waals surface area contributed by atoms with Gasteiger partial charge in [-0.25, -0.2) is 0 Å². The molecule has 2 saturated heterocycles. The zero-order valence-corrected chi connectivity index (χ0v) is 12.1. The molecular weight excluding hydrogens is 244 g/mol. The Hall–Kier alpha value is -1.10. The molecule has 2 amide bonds. The zero-order valence-electron chi connectivity index (χ0n) is 12.1. The van der Waals surface area contributed by atoms with Gasteiger partial charge >= 0.3 is 0 Å². The van der Waals surface area contributed by atoms with Gasteiger partial charge in [0.25, 0.3) is 0 Å². The van der Waals surface area contributed by atoms with Crippen LogP contribution in [-0.2, 0) is 14.3 Å². The molecule has 2 rings (SSSR count). The highest BCUT2D eigenvalue weighted by Gasteiger charge is 2.42. The standard InChI is InChI=1S/C14H24N2O3/c1-10-12(17)15-14(2,3)13(18)16(10)8-4-6-11-7-5-9-19-11/h10-11H,4-9H2,1-3H3,(H,15,17). The van der Waals surface area contributed by atoms with Crippen molar-refractivity contribution in [3.05, 3.63) is 0 Å². The van der Waals surface area contributed by atoms with Gasteiger partial charge in [0.05, 0.1) is 6.10 Å². The van der Waals surface area contributed by atoms with E-state index in [9.17, 15) is 9.59 Å². The average molecular weight is 268 g/mol. The third kappa shape index (κ3) is 3.08. The first-order chi connectivity index (χ1) is 8.92. The van der Waals surface area contributed by atoms with Crippen LogP contribution in [0.3, 0.4) is 0 Å². The number of rotatable bonds is 4. The summed E-state index contributed by atoms with van der Waals surface area (Å²) >= 11 is 0. The van der Waals surface area contributed by atoms with Gasteiger partial charge in [-0.1, -0.05) is 0 Å². The molecule has 1 N–H and O–H groups in total. The minimum atomic E-state index is -0.784. The van der Waals surface area contributed by atoms with Crippen LogP contribution in [0.2, 0.25) is 0 Å². The summed E-state index contributed by atoms with van der Waals surface area (Å²) in [5, 5.41) is 2.76. The Balaban J connectivity index is 1.89. The molecule has 19 heavy (non-hydrogen) atoms. The molecule has 2 aliphatic rings. The van der Waals surface area contributed by atoms with Gasteiger partial charge in [-0.2, -0.15) is 0 Å². The van der Waals surface area contributed by atoms with Crippen molar-refractivity contribution in [3.8, 4) is 0 Å². The Morgan fingerprint density at radius 1 is 1.42 bits per heavy atom. The molecule has 0 aromatic rings. The van der Waals surface area contributed by atoms with Crippen LogP contribution < -0.4 is 5.32 Å². The summed E-state index contributed by atoms with van der Waals surface area (Å²) in [7, 11) is 0. The maximum absolute atomic E-state index is 12.3. The molecule has 0 aliphatic carbocycles. The predicted molar refractivity (Wildman–Crippen MR) is 71.6 cm³/mol. The monoisotopic (exact) mass is 268 g/mol. The lowest BCUT2D eigenvalue weighted by atomic mass is 9.97.